The van der Waals surface area contributed by atoms with Gasteiger partial charge in [-0.05, 0) is 0 Å². The van der Waals surface area contributed by atoms with Gasteiger partial charge in [-0.15, -0.1) is 0 Å². The molecule has 1 nitrogen and oxygen atoms in total. The summed E-state index contributed by atoms with van der Waals surface area (Å²) in [6.45, 7) is 0.339. The zero-order valence-electron chi connectivity index (χ0n) is 10.7. The molecule has 98 valence electrons. The number of aryl methyl sites for hydroxylation is 1. The van der Waals surface area contributed by atoms with Crippen molar-refractivity contribution in [2.75, 3.05) is 6.61 Å². The molecule has 0 radical (unpaired) electrons. The van der Waals surface area contributed by atoms with Crippen LogP contribution in [0.1, 0.15) is 24.8 Å². The van der Waals surface area contributed by atoms with Crippen molar-refractivity contribution in [2.45, 2.75) is 42.1 Å². The van der Waals surface area contributed by atoms with Crippen molar-refractivity contribution in [3.05, 3.63) is 35.9 Å². The van der Waals surface area contributed by atoms with Crippen LogP contribution in [0, 0.1) is 0 Å². The maximum absolute atomic E-state index is 8.98. The van der Waals surface area contributed by atoms with E-state index in [1.54, 1.807) is 0 Å². The molecule has 0 bridgehead atoms. The molecular formula is C14H23IOSe. The minimum atomic E-state index is -1.30. The Balaban J connectivity index is 2.49. The molecule has 1 rings (SSSR count). The molecule has 0 heterocycles. The fraction of sp³-hybridized carbons (Fsp3) is 0.571. The van der Waals surface area contributed by atoms with Crippen molar-refractivity contribution in [2.24, 2.45) is 0 Å². The quantitative estimate of drug-likeness (QED) is 0.519. The van der Waals surface area contributed by atoms with Gasteiger partial charge in [-0.25, -0.2) is 0 Å². The number of aliphatic hydroxyl groups excluding tert-OH is 1. The monoisotopic (exact) mass is 414 g/mol. The van der Waals surface area contributed by atoms with Crippen molar-refractivity contribution < 1.29 is 5.11 Å². The fourth-order valence-corrected chi connectivity index (χ4v) is 7.59. The summed E-state index contributed by atoms with van der Waals surface area (Å²) in [5.41, 5.74) is 1.44. The first-order chi connectivity index (χ1) is 8.04. The number of hydrogen-bond acceptors (Lipinski definition) is 1. The first-order valence-electron chi connectivity index (χ1n) is 6.10. The standard InChI is InChI=1S/C14H23IOSe/c1-17(2,15)14(9-6-12-16)11-10-13-7-4-3-5-8-13/h3-5,7-8,14,16H,6,9-12H2,1-2H3. The summed E-state index contributed by atoms with van der Waals surface area (Å²) < 4.78 is 0. The zero-order chi connectivity index (χ0) is 12.7. The summed E-state index contributed by atoms with van der Waals surface area (Å²) in [5.74, 6) is 4.90. The Morgan fingerprint density at radius 2 is 1.82 bits per heavy atom. The number of halogens is 1. The summed E-state index contributed by atoms with van der Waals surface area (Å²) in [4.78, 5) is 0.833. The number of hydrogen-bond donors (Lipinski definition) is 1. The Labute approximate surface area is 119 Å². The summed E-state index contributed by atoms with van der Waals surface area (Å²) in [6, 6.07) is 10.7. The van der Waals surface area contributed by atoms with Gasteiger partial charge in [0.15, 0.2) is 0 Å². The molecule has 1 aromatic carbocycles. The summed E-state index contributed by atoms with van der Waals surface area (Å²) in [5, 5.41) is 8.98. The molecule has 0 aliphatic rings. The molecule has 1 atom stereocenters. The molecule has 17 heavy (non-hydrogen) atoms. The van der Waals surface area contributed by atoms with Gasteiger partial charge in [0.05, 0.1) is 0 Å². The number of aliphatic hydroxyl groups is 1. The molecule has 0 amide bonds. The Kier molecular flexibility index (Phi) is 7.08. The second kappa shape index (κ2) is 7.77. The first kappa shape index (κ1) is 15.5. The normalized spacial score (nSPS) is 14.6. The first-order valence-corrected chi connectivity index (χ1v) is 15.7. The molecule has 0 aliphatic carbocycles. The molecule has 0 saturated heterocycles. The third-order valence-electron chi connectivity index (χ3n) is 3.07. The van der Waals surface area contributed by atoms with Crippen LogP contribution in [0.3, 0.4) is 0 Å². The molecule has 0 fully saturated rings. The molecule has 0 saturated carbocycles. The van der Waals surface area contributed by atoms with Crippen LogP contribution in [0.25, 0.3) is 0 Å². The second-order valence-corrected chi connectivity index (χ2v) is 23.3. The molecule has 3 heteroatoms. The molecule has 1 N–H and O–H groups in total. The van der Waals surface area contributed by atoms with Crippen LogP contribution in [-0.2, 0) is 6.42 Å². The predicted octanol–water partition coefficient (Wildman–Crippen LogP) is 4.40. The van der Waals surface area contributed by atoms with Crippen LogP contribution in [0.2, 0.25) is 16.5 Å². The van der Waals surface area contributed by atoms with Crippen LogP contribution in [0.4, 0.5) is 0 Å². The fourth-order valence-electron chi connectivity index (χ4n) is 2.00. The average Bonchev–Trinajstić information content (AvgIpc) is 2.29. The van der Waals surface area contributed by atoms with E-state index in [-0.39, 0.29) is 0 Å². The molecule has 0 aromatic heterocycles. The average molecular weight is 413 g/mol. The Morgan fingerprint density at radius 1 is 1.18 bits per heavy atom. The van der Waals surface area contributed by atoms with Crippen molar-refractivity contribution in [1.29, 1.82) is 0 Å². The number of benzene rings is 1. The van der Waals surface area contributed by atoms with E-state index >= 15 is 0 Å². The molecule has 0 aliphatic heterocycles. The van der Waals surface area contributed by atoms with E-state index in [4.69, 9.17) is 5.11 Å². The summed E-state index contributed by atoms with van der Waals surface area (Å²) in [7, 11) is -1.30. The third-order valence-corrected chi connectivity index (χ3v) is 11.1. The Morgan fingerprint density at radius 3 is 2.35 bits per heavy atom. The second-order valence-electron chi connectivity index (χ2n) is 4.79. The van der Waals surface area contributed by atoms with Crippen molar-refractivity contribution in [1.82, 2.24) is 0 Å². The van der Waals surface area contributed by atoms with Crippen LogP contribution in [-0.4, -0.2) is 21.3 Å². The van der Waals surface area contributed by atoms with Crippen molar-refractivity contribution in [3.63, 3.8) is 0 Å². The van der Waals surface area contributed by atoms with Crippen LogP contribution in [0.5, 0.6) is 0 Å². The molecule has 1 unspecified atom stereocenters. The van der Waals surface area contributed by atoms with Gasteiger partial charge in [0, 0.05) is 0 Å². The van der Waals surface area contributed by atoms with Gasteiger partial charge in [0.2, 0.25) is 0 Å². The Bertz CT molecular complexity index is 308. The van der Waals surface area contributed by atoms with Crippen LogP contribution < -0.4 is 0 Å². The number of rotatable bonds is 7. The summed E-state index contributed by atoms with van der Waals surface area (Å²) in [6.07, 6.45) is 4.61. The van der Waals surface area contributed by atoms with Gasteiger partial charge in [-0.1, -0.05) is 0 Å². The predicted molar refractivity (Wildman–Crippen MR) is 86.3 cm³/mol. The van der Waals surface area contributed by atoms with Crippen molar-refractivity contribution in [3.8, 4) is 0 Å². The van der Waals surface area contributed by atoms with E-state index in [2.05, 4.69) is 62.3 Å². The van der Waals surface area contributed by atoms with Crippen molar-refractivity contribution >= 4 is 29.9 Å². The van der Waals surface area contributed by atoms with E-state index in [1.807, 2.05) is 0 Å². The zero-order valence-corrected chi connectivity index (χ0v) is 14.6. The molecule has 0 spiro atoms. The van der Waals surface area contributed by atoms with Crippen LogP contribution >= 0.6 is 20.3 Å². The maximum atomic E-state index is 8.98. The van der Waals surface area contributed by atoms with Gasteiger partial charge in [-0.2, -0.15) is 0 Å². The van der Waals surface area contributed by atoms with Gasteiger partial charge in [0.1, 0.15) is 0 Å². The summed E-state index contributed by atoms with van der Waals surface area (Å²) >= 11 is 2.70. The van der Waals surface area contributed by atoms with Gasteiger partial charge in [-0.3, -0.25) is 0 Å². The SMILES string of the molecule is C[Se](C)(I)C(CCCO)CCc1ccccc1. The van der Waals surface area contributed by atoms with Crippen LogP contribution in [0.15, 0.2) is 30.3 Å². The van der Waals surface area contributed by atoms with E-state index in [9.17, 15) is 0 Å². The minimum absolute atomic E-state index is 0.339. The Hall–Kier alpha value is 0.429. The molecular weight excluding hydrogens is 390 g/mol. The van der Waals surface area contributed by atoms with E-state index in [0.29, 0.717) is 6.61 Å². The van der Waals surface area contributed by atoms with Gasteiger partial charge in [0.25, 0.3) is 0 Å². The topological polar surface area (TPSA) is 20.2 Å². The third kappa shape index (κ3) is 6.23. The van der Waals surface area contributed by atoms with Gasteiger partial charge >= 0.3 is 120 Å². The van der Waals surface area contributed by atoms with E-state index in [1.165, 1.54) is 24.8 Å². The van der Waals surface area contributed by atoms with Gasteiger partial charge < -0.3 is 0 Å². The van der Waals surface area contributed by atoms with E-state index in [0.717, 1.165) is 11.2 Å². The molecule has 1 aromatic rings. The van der Waals surface area contributed by atoms with E-state index < -0.39 is 9.60 Å².